The normalized spacial score (nSPS) is 28.1. The lowest BCUT2D eigenvalue weighted by molar-refractivity contribution is -0.121. The van der Waals surface area contributed by atoms with Gasteiger partial charge in [0.1, 0.15) is 16.4 Å². The van der Waals surface area contributed by atoms with Gasteiger partial charge in [-0.25, -0.2) is 8.42 Å². The van der Waals surface area contributed by atoms with Crippen molar-refractivity contribution in [2.45, 2.75) is 48.1 Å². The summed E-state index contributed by atoms with van der Waals surface area (Å²) in [6.45, 7) is -2.96. The van der Waals surface area contributed by atoms with Crippen molar-refractivity contribution in [2.75, 3.05) is 0 Å². The van der Waals surface area contributed by atoms with Crippen LogP contribution in [0.5, 0.6) is 5.75 Å². The van der Waals surface area contributed by atoms with Crippen molar-refractivity contribution in [3.63, 3.8) is 0 Å². The lowest BCUT2D eigenvalue weighted by atomic mass is 10.0. The molecule has 3 rings (SSSR count). The van der Waals surface area contributed by atoms with Gasteiger partial charge in [-0.2, -0.15) is 8.78 Å². The number of hydrogen-bond acceptors (Lipinski definition) is 5. The summed E-state index contributed by atoms with van der Waals surface area (Å²) in [7, 11) is -3.79. The molecule has 2 atom stereocenters. The van der Waals surface area contributed by atoms with Crippen LogP contribution in [0.4, 0.5) is 8.78 Å². The van der Waals surface area contributed by atoms with Crippen LogP contribution >= 0.6 is 0 Å². The Morgan fingerprint density at radius 3 is 2.59 bits per heavy atom. The first kappa shape index (κ1) is 15.4. The van der Waals surface area contributed by atoms with Crippen LogP contribution in [0.15, 0.2) is 29.2 Å². The number of hydrogen-bond donors (Lipinski definition) is 1. The molecule has 0 amide bonds. The number of ether oxygens (including phenoxy) is 1. The highest BCUT2D eigenvalue weighted by atomic mass is 32.2. The summed E-state index contributed by atoms with van der Waals surface area (Å²) in [5.41, 5.74) is 0. The Hall–Kier alpha value is -1.54. The zero-order valence-electron chi connectivity index (χ0n) is 11.6. The van der Waals surface area contributed by atoms with Gasteiger partial charge in [-0.1, -0.05) is 0 Å². The smallest absolute Gasteiger partial charge is 0.387 e. The van der Waals surface area contributed by atoms with Crippen LogP contribution in [0.25, 0.3) is 0 Å². The average Bonchev–Trinajstić information content (AvgIpc) is 2.76. The molecule has 2 saturated heterocycles. The predicted molar refractivity (Wildman–Crippen MR) is 73.4 cm³/mol. The second kappa shape index (κ2) is 5.27. The molecule has 2 bridgehead atoms. The highest BCUT2D eigenvalue weighted by Gasteiger charge is 2.54. The van der Waals surface area contributed by atoms with Gasteiger partial charge in [0.2, 0.25) is 0 Å². The maximum atomic E-state index is 12.8. The van der Waals surface area contributed by atoms with Crippen LogP contribution in [0, 0.1) is 0 Å². The molecule has 1 aromatic rings. The molecule has 0 aromatic heterocycles. The highest BCUT2D eigenvalue weighted by molar-refractivity contribution is 7.92. The van der Waals surface area contributed by atoms with Crippen LogP contribution in [-0.4, -0.2) is 31.7 Å². The molecule has 120 valence electrons. The second-order valence-corrected chi connectivity index (χ2v) is 7.91. The van der Waals surface area contributed by atoms with Crippen molar-refractivity contribution in [1.82, 2.24) is 5.32 Å². The molecule has 1 N–H and O–H groups in total. The maximum absolute atomic E-state index is 12.8. The summed E-state index contributed by atoms with van der Waals surface area (Å²) in [5.74, 6) is -0.175. The Morgan fingerprint density at radius 2 is 1.95 bits per heavy atom. The Balaban J connectivity index is 1.91. The fraction of sp³-hybridized carbons (Fsp3) is 0.500. The van der Waals surface area contributed by atoms with E-state index in [1.54, 1.807) is 0 Å². The van der Waals surface area contributed by atoms with Gasteiger partial charge in [0.15, 0.2) is 9.84 Å². The van der Waals surface area contributed by atoms with Crippen LogP contribution in [-0.2, 0) is 14.6 Å². The molecular formula is C14H15F2NO4S. The van der Waals surface area contributed by atoms with Gasteiger partial charge >= 0.3 is 6.61 Å². The first-order valence-corrected chi connectivity index (χ1v) is 8.40. The Morgan fingerprint density at radius 1 is 1.27 bits per heavy atom. The molecule has 5 nitrogen and oxygen atoms in total. The Kier molecular flexibility index (Phi) is 3.68. The highest BCUT2D eigenvalue weighted by Crippen LogP contribution is 2.41. The molecule has 2 unspecified atom stereocenters. The number of piperidine rings is 1. The molecule has 0 radical (unpaired) electrons. The van der Waals surface area contributed by atoms with E-state index in [1.165, 1.54) is 24.3 Å². The molecule has 0 spiro atoms. The number of nitrogens with one attached hydrogen (secondary N) is 1. The summed E-state index contributed by atoms with van der Waals surface area (Å²) in [6.07, 6.45) is 1.32. The van der Waals surface area contributed by atoms with E-state index in [4.69, 9.17) is 0 Å². The summed E-state index contributed by atoms with van der Waals surface area (Å²) in [4.78, 5) is 10.5. The topological polar surface area (TPSA) is 72.5 Å². The van der Waals surface area contributed by atoms with Crippen LogP contribution in [0.2, 0.25) is 0 Å². The molecule has 2 aliphatic rings. The van der Waals surface area contributed by atoms with Gasteiger partial charge in [0.25, 0.3) is 0 Å². The molecule has 22 heavy (non-hydrogen) atoms. The molecular weight excluding hydrogens is 316 g/mol. The van der Waals surface area contributed by atoms with E-state index < -0.39 is 21.3 Å². The lowest BCUT2D eigenvalue weighted by Gasteiger charge is -2.33. The fourth-order valence-electron chi connectivity index (χ4n) is 3.21. The molecule has 0 saturated carbocycles. The van der Waals surface area contributed by atoms with Gasteiger partial charge in [0.05, 0.1) is 4.90 Å². The molecule has 2 heterocycles. The zero-order chi connectivity index (χ0) is 16.0. The number of rotatable bonds is 4. The van der Waals surface area contributed by atoms with E-state index in [2.05, 4.69) is 10.1 Å². The van der Waals surface area contributed by atoms with Crippen molar-refractivity contribution in [2.24, 2.45) is 0 Å². The first-order chi connectivity index (χ1) is 10.3. The third-order valence-electron chi connectivity index (χ3n) is 4.19. The lowest BCUT2D eigenvalue weighted by Crippen LogP contribution is -2.54. The molecule has 0 aliphatic carbocycles. The number of Topliss-reactive ketones (excluding diaryl/α,β-unsaturated/α-hetero) is 1. The number of carbonyl (C=O) groups is 1. The van der Waals surface area contributed by atoms with E-state index in [1.807, 2.05) is 0 Å². The van der Waals surface area contributed by atoms with E-state index >= 15 is 0 Å². The predicted octanol–water partition coefficient (Wildman–Crippen LogP) is 1.87. The molecule has 2 fully saturated rings. The van der Waals surface area contributed by atoms with E-state index in [0.29, 0.717) is 19.3 Å². The summed E-state index contributed by atoms with van der Waals surface area (Å²) < 4.78 is 54.1. The van der Waals surface area contributed by atoms with Crippen molar-refractivity contribution >= 4 is 15.6 Å². The quantitative estimate of drug-likeness (QED) is 0.912. The number of halogens is 2. The zero-order valence-corrected chi connectivity index (χ0v) is 12.4. The van der Waals surface area contributed by atoms with Crippen molar-refractivity contribution < 1.29 is 26.7 Å². The maximum Gasteiger partial charge on any atom is 0.387 e. The van der Waals surface area contributed by atoms with E-state index in [-0.39, 0.29) is 28.9 Å². The number of sulfone groups is 1. The minimum Gasteiger partial charge on any atom is -0.435 e. The third kappa shape index (κ3) is 2.50. The second-order valence-electron chi connectivity index (χ2n) is 5.65. The van der Waals surface area contributed by atoms with Gasteiger partial charge < -0.3 is 4.74 Å². The van der Waals surface area contributed by atoms with Crippen LogP contribution in [0.3, 0.4) is 0 Å². The fourth-order valence-corrected chi connectivity index (χ4v) is 5.22. The van der Waals surface area contributed by atoms with E-state index in [9.17, 15) is 22.0 Å². The number of benzene rings is 1. The Bertz CT molecular complexity index is 689. The summed E-state index contributed by atoms with van der Waals surface area (Å²) in [5, 5.41) is 3.06. The number of carbonyl (C=O) groups excluding carboxylic acids is 1. The molecule has 1 aromatic carbocycles. The third-order valence-corrected chi connectivity index (χ3v) is 6.58. The van der Waals surface area contributed by atoms with Crippen LogP contribution < -0.4 is 10.1 Å². The van der Waals surface area contributed by atoms with Crippen LogP contribution in [0.1, 0.15) is 25.7 Å². The SMILES string of the molecule is O=C1CC2CCC(S(=O)(=O)c3ccc(OC(F)F)cc3)(C1)N2. The standard InChI is InChI=1S/C14H15F2NO4S/c15-13(16)21-11-1-3-12(4-2-11)22(19,20)14-6-5-9(17-14)7-10(18)8-14/h1-4,9,13,17H,5-8H2. The van der Waals surface area contributed by atoms with Crippen molar-refractivity contribution in [3.8, 4) is 5.75 Å². The molecule has 8 heteroatoms. The minimum atomic E-state index is -3.79. The number of fused-ring (bicyclic) bond motifs is 2. The average molecular weight is 331 g/mol. The van der Waals surface area contributed by atoms with Crippen molar-refractivity contribution in [3.05, 3.63) is 24.3 Å². The van der Waals surface area contributed by atoms with Gasteiger partial charge in [-0.05, 0) is 37.1 Å². The van der Waals surface area contributed by atoms with Gasteiger partial charge in [-0.3, -0.25) is 10.1 Å². The monoisotopic (exact) mass is 331 g/mol. The summed E-state index contributed by atoms with van der Waals surface area (Å²) >= 11 is 0. The first-order valence-electron chi connectivity index (χ1n) is 6.91. The van der Waals surface area contributed by atoms with Gasteiger partial charge in [0, 0.05) is 18.9 Å². The largest absolute Gasteiger partial charge is 0.435 e. The minimum absolute atomic E-state index is 0.00281. The van der Waals surface area contributed by atoms with E-state index in [0.717, 1.165) is 0 Å². The summed E-state index contributed by atoms with van der Waals surface area (Å²) in [6, 6.07) is 4.74. The number of ketones is 1. The Labute approximate surface area is 126 Å². The van der Waals surface area contributed by atoms with Crippen molar-refractivity contribution in [1.29, 1.82) is 0 Å². The number of alkyl halides is 2. The molecule has 2 aliphatic heterocycles. The van der Waals surface area contributed by atoms with Gasteiger partial charge in [-0.15, -0.1) is 0 Å².